The molecule has 1 fully saturated rings. The average molecular weight is 357 g/mol. The van der Waals surface area contributed by atoms with E-state index in [9.17, 15) is 4.79 Å². The normalized spacial score (nSPS) is 16.2. The zero-order valence-corrected chi connectivity index (χ0v) is 15.5. The van der Waals surface area contributed by atoms with Crippen LogP contribution in [0.4, 0.5) is 10.5 Å². The Morgan fingerprint density at radius 2 is 2.04 bits per heavy atom. The van der Waals surface area contributed by atoms with Gasteiger partial charge in [0.05, 0.1) is 19.3 Å². The molecule has 2 N–H and O–H groups in total. The molecule has 3 rings (SSSR count). The van der Waals surface area contributed by atoms with Gasteiger partial charge in [-0.05, 0) is 43.2 Å². The smallest absolute Gasteiger partial charge is 0.319 e. The molecule has 1 aromatic heterocycles. The summed E-state index contributed by atoms with van der Waals surface area (Å²) in [4.78, 5) is 14.6. The standard InChI is InChI=1S/C20H27N3O3/c1-3-16-5-4-6-17(13-16)22-20(24)21-14-18(19-8-7-15(2)26-19)23-9-11-25-12-10-23/h4-8,13,18H,3,9-12,14H2,1-2H3,(H2,21,22,24). The summed E-state index contributed by atoms with van der Waals surface area (Å²) < 4.78 is 11.3. The number of benzene rings is 1. The van der Waals surface area contributed by atoms with Crippen molar-refractivity contribution in [3.63, 3.8) is 0 Å². The van der Waals surface area contributed by atoms with Gasteiger partial charge in [0.15, 0.2) is 0 Å². The minimum absolute atomic E-state index is 0.000302. The van der Waals surface area contributed by atoms with Gasteiger partial charge in [-0.3, -0.25) is 4.90 Å². The Hall–Kier alpha value is -2.31. The van der Waals surface area contributed by atoms with Crippen molar-refractivity contribution in [2.24, 2.45) is 0 Å². The quantitative estimate of drug-likeness (QED) is 0.832. The first-order valence-corrected chi connectivity index (χ1v) is 9.17. The van der Waals surface area contributed by atoms with Crippen LogP contribution < -0.4 is 10.6 Å². The molecule has 2 aromatic rings. The molecule has 6 heteroatoms. The van der Waals surface area contributed by atoms with Crippen LogP contribution in [0.3, 0.4) is 0 Å². The van der Waals surface area contributed by atoms with Gasteiger partial charge in [-0.15, -0.1) is 0 Å². The summed E-state index contributed by atoms with van der Waals surface area (Å²) >= 11 is 0. The highest BCUT2D eigenvalue weighted by Gasteiger charge is 2.25. The van der Waals surface area contributed by atoms with E-state index in [1.54, 1.807) is 0 Å². The molecule has 1 atom stereocenters. The number of nitrogens with zero attached hydrogens (tertiary/aromatic N) is 1. The second-order valence-corrected chi connectivity index (χ2v) is 6.50. The molecule has 6 nitrogen and oxygen atoms in total. The van der Waals surface area contributed by atoms with E-state index in [4.69, 9.17) is 9.15 Å². The first-order chi connectivity index (χ1) is 12.7. The zero-order valence-electron chi connectivity index (χ0n) is 15.5. The Kier molecular flexibility index (Phi) is 6.30. The van der Waals surface area contributed by atoms with Crippen LogP contribution in [0.5, 0.6) is 0 Å². The SMILES string of the molecule is CCc1cccc(NC(=O)NCC(c2ccc(C)o2)N2CCOCC2)c1. The third-order valence-corrected chi connectivity index (χ3v) is 4.63. The molecule has 0 saturated carbocycles. The van der Waals surface area contributed by atoms with Gasteiger partial charge in [0, 0.05) is 25.3 Å². The Bertz CT molecular complexity index is 723. The van der Waals surface area contributed by atoms with Crippen LogP contribution in [-0.2, 0) is 11.2 Å². The van der Waals surface area contributed by atoms with Crippen LogP contribution in [0, 0.1) is 6.92 Å². The largest absolute Gasteiger partial charge is 0.465 e. The molecule has 1 aromatic carbocycles. The lowest BCUT2D eigenvalue weighted by molar-refractivity contribution is 0.0122. The maximum atomic E-state index is 12.3. The number of carbonyl (C=O) groups excluding carboxylic acids is 1. The Labute approximate surface area is 154 Å². The van der Waals surface area contributed by atoms with Crippen LogP contribution in [0.1, 0.15) is 30.0 Å². The fourth-order valence-electron chi connectivity index (χ4n) is 3.16. The van der Waals surface area contributed by atoms with Gasteiger partial charge in [-0.25, -0.2) is 4.79 Å². The molecule has 1 aliphatic rings. The van der Waals surface area contributed by atoms with Crippen LogP contribution in [0.15, 0.2) is 40.8 Å². The number of urea groups is 1. The Morgan fingerprint density at radius 1 is 1.23 bits per heavy atom. The summed E-state index contributed by atoms with van der Waals surface area (Å²) in [6.07, 6.45) is 0.939. The first kappa shape index (κ1) is 18.5. The van der Waals surface area contributed by atoms with Crippen LogP contribution in [-0.4, -0.2) is 43.8 Å². The molecule has 1 saturated heterocycles. The number of carbonyl (C=O) groups is 1. The maximum absolute atomic E-state index is 12.3. The first-order valence-electron chi connectivity index (χ1n) is 9.17. The van der Waals surface area contributed by atoms with Gasteiger partial charge >= 0.3 is 6.03 Å². The van der Waals surface area contributed by atoms with E-state index in [1.165, 1.54) is 5.56 Å². The third-order valence-electron chi connectivity index (χ3n) is 4.63. The maximum Gasteiger partial charge on any atom is 0.319 e. The number of aryl methyl sites for hydroxylation is 2. The van der Waals surface area contributed by atoms with Crippen molar-refractivity contribution < 1.29 is 13.9 Å². The van der Waals surface area contributed by atoms with Crippen molar-refractivity contribution in [1.82, 2.24) is 10.2 Å². The Morgan fingerprint density at radius 3 is 2.73 bits per heavy atom. The molecule has 0 aliphatic carbocycles. The van der Waals surface area contributed by atoms with Gasteiger partial charge in [0.1, 0.15) is 11.5 Å². The Balaban J connectivity index is 1.62. The van der Waals surface area contributed by atoms with Gasteiger partial charge in [-0.1, -0.05) is 19.1 Å². The van der Waals surface area contributed by atoms with E-state index in [1.807, 2.05) is 37.3 Å². The lowest BCUT2D eigenvalue weighted by Crippen LogP contribution is -2.44. The summed E-state index contributed by atoms with van der Waals surface area (Å²) in [7, 11) is 0. The van der Waals surface area contributed by atoms with Crippen molar-refractivity contribution in [2.75, 3.05) is 38.2 Å². The second-order valence-electron chi connectivity index (χ2n) is 6.50. The number of nitrogens with one attached hydrogen (secondary N) is 2. The van der Waals surface area contributed by atoms with Crippen LogP contribution >= 0.6 is 0 Å². The molecule has 2 amide bonds. The summed E-state index contributed by atoms with van der Waals surface area (Å²) in [5, 5.41) is 5.89. The van der Waals surface area contributed by atoms with Crippen molar-refractivity contribution in [3.8, 4) is 0 Å². The number of anilines is 1. The van der Waals surface area contributed by atoms with E-state index < -0.39 is 0 Å². The molecule has 0 spiro atoms. The molecule has 1 aliphatic heterocycles. The number of hydrogen-bond acceptors (Lipinski definition) is 4. The number of furan rings is 1. The molecule has 2 heterocycles. The van der Waals surface area contributed by atoms with E-state index >= 15 is 0 Å². The molecular formula is C20H27N3O3. The molecule has 1 unspecified atom stereocenters. The summed E-state index contributed by atoms with van der Waals surface area (Å²) in [6.45, 7) is 7.56. The summed E-state index contributed by atoms with van der Waals surface area (Å²) in [5.41, 5.74) is 2.00. The summed E-state index contributed by atoms with van der Waals surface area (Å²) in [5.74, 6) is 1.75. The van der Waals surface area contributed by atoms with E-state index in [0.29, 0.717) is 19.8 Å². The van der Waals surface area contributed by atoms with Crippen molar-refractivity contribution in [2.45, 2.75) is 26.3 Å². The second kappa shape index (κ2) is 8.87. The van der Waals surface area contributed by atoms with Gasteiger partial charge in [0.2, 0.25) is 0 Å². The predicted molar refractivity (Wildman–Crippen MR) is 101 cm³/mol. The fourth-order valence-corrected chi connectivity index (χ4v) is 3.16. The monoisotopic (exact) mass is 357 g/mol. The molecule has 140 valence electrons. The van der Waals surface area contributed by atoms with Crippen LogP contribution in [0.2, 0.25) is 0 Å². The number of amides is 2. The highest BCUT2D eigenvalue weighted by molar-refractivity contribution is 5.89. The number of hydrogen-bond donors (Lipinski definition) is 2. The molecule has 26 heavy (non-hydrogen) atoms. The van der Waals surface area contributed by atoms with Crippen LogP contribution in [0.25, 0.3) is 0 Å². The van der Waals surface area contributed by atoms with Crippen molar-refractivity contribution in [1.29, 1.82) is 0 Å². The third kappa shape index (κ3) is 4.86. The minimum Gasteiger partial charge on any atom is -0.465 e. The average Bonchev–Trinajstić information content (AvgIpc) is 3.09. The molecule has 0 bridgehead atoms. The number of rotatable bonds is 6. The predicted octanol–water partition coefficient (Wildman–Crippen LogP) is 3.35. The van der Waals surface area contributed by atoms with E-state index in [0.717, 1.165) is 36.7 Å². The topological polar surface area (TPSA) is 66.7 Å². The van der Waals surface area contributed by atoms with E-state index in [2.05, 4.69) is 28.5 Å². The highest BCUT2D eigenvalue weighted by atomic mass is 16.5. The number of morpholine rings is 1. The lowest BCUT2D eigenvalue weighted by atomic mass is 10.1. The van der Waals surface area contributed by atoms with Gasteiger partial charge < -0.3 is 19.8 Å². The highest BCUT2D eigenvalue weighted by Crippen LogP contribution is 2.23. The minimum atomic E-state index is -0.209. The molecular weight excluding hydrogens is 330 g/mol. The van der Waals surface area contributed by atoms with Crippen molar-refractivity contribution in [3.05, 3.63) is 53.5 Å². The van der Waals surface area contributed by atoms with Gasteiger partial charge in [-0.2, -0.15) is 0 Å². The summed E-state index contributed by atoms with van der Waals surface area (Å²) in [6, 6.07) is 11.6. The fraction of sp³-hybridized carbons (Fsp3) is 0.450. The van der Waals surface area contributed by atoms with E-state index in [-0.39, 0.29) is 12.1 Å². The molecule has 0 radical (unpaired) electrons. The number of ether oxygens (including phenoxy) is 1. The lowest BCUT2D eigenvalue weighted by Gasteiger charge is -2.33. The zero-order chi connectivity index (χ0) is 18.4. The van der Waals surface area contributed by atoms with Gasteiger partial charge in [0.25, 0.3) is 0 Å². The van der Waals surface area contributed by atoms with Crippen molar-refractivity contribution >= 4 is 11.7 Å².